The van der Waals surface area contributed by atoms with E-state index in [-0.39, 0.29) is 55.6 Å². The largest absolute Gasteiger partial charge is 0.396 e. The Hall–Kier alpha value is -0.810. The molecule has 9 heteroatoms. The topological polar surface area (TPSA) is 132 Å². The Labute approximate surface area is 252 Å². The molecule has 6 fully saturated rings. The van der Waals surface area contributed by atoms with E-state index in [1.807, 2.05) is 0 Å². The quantitative estimate of drug-likeness (QED) is 0.261. The molecule has 5 saturated carbocycles. The first-order chi connectivity index (χ1) is 20.0. The van der Waals surface area contributed by atoms with Gasteiger partial charge in [-0.2, -0.15) is 5.06 Å². The predicted octanol–water partition coefficient (Wildman–Crippen LogP) is 2.60. The minimum atomic E-state index is -0.815. The summed E-state index contributed by atoms with van der Waals surface area (Å²) in [6.45, 7) is 9.20. The molecule has 9 nitrogen and oxygen atoms in total. The summed E-state index contributed by atoms with van der Waals surface area (Å²) in [6, 6.07) is -0.583. The molecule has 0 aromatic carbocycles. The standard InChI is InChI=1S/C33H58N2O7/c1-18-26-12-24(33(26,3)4)13-27(18)34-32(40)30-29(19(2)39)28(17-38)42-35(30)14-22-7-6-8-25(31(22)41-5)23-10-20(15-36)9-21(11-23)16-37/h18-31,36-39H,6-17H2,1-5H3,(H,34,40)/t18-,19-,20?,21?,22?,23?,24?,25?,26-,27?,28-,29-,30-,31?/m0/s1. The molecule has 1 aliphatic heterocycles. The third kappa shape index (κ3) is 6.05. The number of fused-ring (bicyclic) bond motifs is 2. The summed E-state index contributed by atoms with van der Waals surface area (Å²) in [5.74, 6) is 2.20. The molecule has 1 amide bonds. The summed E-state index contributed by atoms with van der Waals surface area (Å²) in [6.07, 6.45) is 6.54. The summed E-state index contributed by atoms with van der Waals surface area (Å²) in [7, 11) is 1.77. The third-order valence-corrected chi connectivity index (χ3v) is 12.8. The van der Waals surface area contributed by atoms with E-state index in [2.05, 4.69) is 26.1 Å². The monoisotopic (exact) mass is 594 g/mol. The first-order valence-corrected chi connectivity index (χ1v) is 16.8. The molecule has 5 N–H and O–H groups in total. The Morgan fingerprint density at radius 3 is 2.29 bits per heavy atom. The fourth-order valence-electron chi connectivity index (χ4n) is 10.4. The van der Waals surface area contributed by atoms with E-state index in [0.717, 1.165) is 44.9 Å². The van der Waals surface area contributed by atoms with Crippen molar-refractivity contribution in [1.82, 2.24) is 10.4 Å². The normalized spacial score (nSPS) is 46.2. The summed E-state index contributed by atoms with van der Waals surface area (Å²) in [5.41, 5.74) is 0.326. The average Bonchev–Trinajstić information content (AvgIpc) is 3.36. The number of carbonyl (C=O) groups is 1. The minimum absolute atomic E-state index is 0.0290. The maximum Gasteiger partial charge on any atom is 0.240 e. The molecule has 242 valence electrons. The van der Waals surface area contributed by atoms with Gasteiger partial charge in [-0.25, -0.2) is 0 Å². The summed E-state index contributed by atoms with van der Waals surface area (Å²) >= 11 is 0. The maximum atomic E-state index is 14.1. The van der Waals surface area contributed by atoms with E-state index in [9.17, 15) is 25.2 Å². The van der Waals surface area contributed by atoms with Crippen molar-refractivity contribution in [3.05, 3.63) is 0 Å². The SMILES string of the molecule is COC1C(CN2O[C@@H](CO)[C@H]([C@H](C)O)[C@H]2C(=O)NC2CC3C[C@@H]([C@@H]2C)C3(C)C)CCCC1C1CC(CO)CC(CO)C1. The molecular formula is C33H58N2O7. The van der Waals surface area contributed by atoms with Gasteiger partial charge in [-0.15, -0.1) is 0 Å². The van der Waals surface area contributed by atoms with Crippen molar-refractivity contribution < 1.29 is 34.8 Å². The van der Waals surface area contributed by atoms with Gasteiger partial charge in [-0.3, -0.25) is 9.63 Å². The number of ether oxygens (including phenoxy) is 1. The Morgan fingerprint density at radius 1 is 1.05 bits per heavy atom. The second-order valence-electron chi connectivity index (χ2n) is 15.4. The number of rotatable bonds is 10. The highest BCUT2D eigenvalue weighted by atomic mass is 16.7. The molecule has 1 saturated heterocycles. The van der Waals surface area contributed by atoms with Crippen LogP contribution in [0.2, 0.25) is 0 Å². The first-order valence-electron chi connectivity index (χ1n) is 16.8. The molecule has 0 aromatic heterocycles. The fraction of sp³-hybridized carbons (Fsp3) is 0.970. The number of aliphatic hydroxyl groups is 4. The van der Waals surface area contributed by atoms with E-state index in [1.165, 1.54) is 6.42 Å². The first kappa shape index (κ1) is 32.6. The molecule has 0 radical (unpaired) electrons. The fourth-order valence-corrected chi connectivity index (χ4v) is 10.4. The van der Waals surface area contributed by atoms with E-state index >= 15 is 0 Å². The molecule has 42 heavy (non-hydrogen) atoms. The van der Waals surface area contributed by atoms with Gasteiger partial charge in [0.2, 0.25) is 5.91 Å². The predicted molar refractivity (Wildman–Crippen MR) is 159 cm³/mol. The van der Waals surface area contributed by atoms with Crippen LogP contribution in [-0.2, 0) is 14.4 Å². The van der Waals surface area contributed by atoms with Crippen molar-refractivity contribution in [3.63, 3.8) is 0 Å². The van der Waals surface area contributed by atoms with Crippen molar-refractivity contribution in [2.24, 2.45) is 58.7 Å². The molecule has 0 spiro atoms. The second-order valence-corrected chi connectivity index (χ2v) is 15.4. The zero-order chi connectivity index (χ0) is 30.3. The Balaban J connectivity index is 1.32. The number of carbonyl (C=O) groups excluding carboxylic acids is 1. The van der Waals surface area contributed by atoms with Crippen molar-refractivity contribution in [2.45, 2.75) is 109 Å². The molecule has 5 aliphatic carbocycles. The van der Waals surface area contributed by atoms with E-state index in [1.54, 1.807) is 19.1 Å². The van der Waals surface area contributed by atoms with Crippen LogP contribution < -0.4 is 5.32 Å². The van der Waals surface area contributed by atoms with Crippen molar-refractivity contribution >= 4 is 5.91 Å². The van der Waals surface area contributed by atoms with Crippen LogP contribution in [0.5, 0.6) is 0 Å². The maximum absolute atomic E-state index is 14.1. The van der Waals surface area contributed by atoms with Crippen molar-refractivity contribution in [1.29, 1.82) is 0 Å². The molecular weight excluding hydrogens is 536 g/mol. The third-order valence-electron chi connectivity index (χ3n) is 12.8. The van der Waals surface area contributed by atoms with Gasteiger partial charge in [0.1, 0.15) is 12.1 Å². The van der Waals surface area contributed by atoms with Gasteiger partial charge in [-0.05, 0) is 98.7 Å². The van der Waals surface area contributed by atoms with Gasteiger partial charge in [0.25, 0.3) is 0 Å². The zero-order valence-corrected chi connectivity index (χ0v) is 26.5. The van der Waals surface area contributed by atoms with Crippen LogP contribution in [0.4, 0.5) is 0 Å². The average molecular weight is 595 g/mol. The molecule has 0 aromatic rings. The lowest BCUT2D eigenvalue weighted by Crippen LogP contribution is -2.62. The molecule has 2 bridgehead atoms. The molecule has 6 aliphatic rings. The number of amides is 1. The molecule has 7 unspecified atom stereocenters. The highest BCUT2D eigenvalue weighted by Gasteiger charge is 2.57. The number of methoxy groups -OCH3 is 1. The van der Waals surface area contributed by atoms with Crippen LogP contribution in [0.3, 0.4) is 0 Å². The second kappa shape index (κ2) is 13.3. The highest BCUT2D eigenvalue weighted by Crippen LogP contribution is 2.61. The minimum Gasteiger partial charge on any atom is -0.396 e. The summed E-state index contributed by atoms with van der Waals surface area (Å²) in [5, 5.41) is 46.1. The van der Waals surface area contributed by atoms with Crippen molar-refractivity contribution in [2.75, 3.05) is 33.5 Å². The van der Waals surface area contributed by atoms with E-state index in [4.69, 9.17) is 9.57 Å². The van der Waals surface area contributed by atoms with E-state index < -0.39 is 24.2 Å². The van der Waals surface area contributed by atoms with Gasteiger partial charge < -0.3 is 30.5 Å². The smallest absolute Gasteiger partial charge is 0.240 e. The van der Waals surface area contributed by atoms with Crippen LogP contribution in [0.25, 0.3) is 0 Å². The zero-order valence-electron chi connectivity index (χ0n) is 26.5. The highest BCUT2D eigenvalue weighted by molar-refractivity contribution is 5.82. The van der Waals surface area contributed by atoms with Gasteiger partial charge in [0.05, 0.1) is 18.8 Å². The molecule has 13 atom stereocenters. The number of nitrogens with zero attached hydrogens (tertiary/aromatic N) is 1. The van der Waals surface area contributed by atoms with Gasteiger partial charge >= 0.3 is 0 Å². The van der Waals surface area contributed by atoms with E-state index in [0.29, 0.717) is 41.5 Å². The van der Waals surface area contributed by atoms with Crippen LogP contribution in [0.15, 0.2) is 0 Å². The van der Waals surface area contributed by atoms with Crippen LogP contribution in [0.1, 0.15) is 79.1 Å². The van der Waals surface area contributed by atoms with Crippen LogP contribution in [0, 0.1) is 58.7 Å². The van der Waals surface area contributed by atoms with Crippen LogP contribution >= 0.6 is 0 Å². The lowest BCUT2D eigenvalue weighted by atomic mass is 9.45. The lowest BCUT2D eigenvalue weighted by molar-refractivity contribution is -0.193. The van der Waals surface area contributed by atoms with Gasteiger partial charge in [0.15, 0.2) is 0 Å². The number of hydroxylamine groups is 2. The molecule has 1 heterocycles. The summed E-state index contributed by atoms with van der Waals surface area (Å²) < 4.78 is 6.21. The van der Waals surface area contributed by atoms with Crippen LogP contribution in [-0.4, -0.2) is 95.3 Å². The number of hydrogen-bond donors (Lipinski definition) is 5. The van der Waals surface area contributed by atoms with Crippen molar-refractivity contribution in [3.8, 4) is 0 Å². The Kier molecular flexibility index (Phi) is 10.3. The summed E-state index contributed by atoms with van der Waals surface area (Å²) in [4.78, 5) is 20.4. The van der Waals surface area contributed by atoms with Gasteiger partial charge in [0, 0.05) is 44.7 Å². The number of hydrogen-bond acceptors (Lipinski definition) is 8. The number of aliphatic hydroxyl groups excluding tert-OH is 4. The Bertz CT molecular complexity index is 905. The number of nitrogens with one attached hydrogen (secondary N) is 1. The van der Waals surface area contributed by atoms with Gasteiger partial charge in [-0.1, -0.05) is 27.2 Å². The molecule has 6 rings (SSSR count). The lowest BCUT2D eigenvalue weighted by Gasteiger charge is -2.62. The Morgan fingerprint density at radius 2 is 1.74 bits per heavy atom.